The van der Waals surface area contributed by atoms with E-state index in [1.165, 1.54) is 0 Å². The SMILES string of the molecule is O=C(O)CNC(=O)CN(Cc1ccc(Cl)cc1)C1CC1. The molecule has 6 heteroatoms. The highest BCUT2D eigenvalue weighted by molar-refractivity contribution is 6.30. The van der Waals surface area contributed by atoms with Crippen LogP contribution < -0.4 is 5.32 Å². The summed E-state index contributed by atoms with van der Waals surface area (Å²) in [5.74, 6) is -1.29. The Morgan fingerprint density at radius 1 is 1.30 bits per heavy atom. The second kappa shape index (κ2) is 6.72. The van der Waals surface area contributed by atoms with Crippen LogP contribution in [0.25, 0.3) is 0 Å². The zero-order valence-electron chi connectivity index (χ0n) is 11.0. The quantitative estimate of drug-likeness (QED) is 0.800. The van der Waals surface area contributed by atoms with E-state index < -0.39 is 5.97 Å². The molecular weight excluding hydrogens is 280 g/mol. The summed E-state index contributed by atoms with van der Waals surface area (Å²) in [6.07, 6.45) is 2.17. The number of hydrogen-bond donors (Lipinski definition) is 2. The smallest absolute Gasteiger partial charge is 0.322 e. The molecule has 2 rings (SSSR count). The van der Waals surface area contributed by atoms with Crippen LogP contribution in [0.15, 0.2) is 24.3 Å². The zero-order chi connectivity index (χ0) is 14.5. The molecule has 0 atom stereocenters. The highest BCUT2D eigenvalue weighted by atomic mass is 35.5. The van der Waals surface area contributed by atoms with Gasteiger partial charge in [0.2, 0.25) is 5.91 Å². The maximum absolute atomic E-state index is 11.7. The third kappa shape index (κ3) is 4.83. The average Bonchev–Trinajstić information content (AvgIpc) is 3.22. The molecule has 5 nitrogen and oxygen atoms in total. The van der Waals surface area contributed by atoms with Crippen LogP contribution in [0.4, 0.5) is 0 Å². The molecule has 0 aliphatic heterocycles. The Labute approximate surface area is 122 Å². The summed E-state index contributed by atoms with van der Waals surface area (Å²) in [4.78, 5) is 24.2. The Kier molecular flexibility index (Phi) is 4.98. The Hall–Kier alpha value is -1.59. The molecule has 108 valence electrons. The summed E-state index contributed by atoms with van der Waals surface area (Å²) < 4.78 is 0. The minimum absolute atomic E-state index is 0.223. The fraction of sp³-hybridized carbons (Fsp3) is 0.429. The van der Waals surface area contributed by atoms with E-state index in [4.69, 9.17) is 16.7 Å². The molecule has 1 aliphatic carbocycles. The van der Waals surface area contributed by atoms with Crippen molar-refractivity contribution in [1.82, 2.24) is 10.2 Å². The van der Waals surface area contributed by atoms with Crippen LogP contribution in [-0.2, 0) is 16.1 Å². The van der Waals surface area contributed by atoms with Crippen molar-refractivity contribution in [2.45, 2.75) is 25.4 Å². The molecule has 0 unspecified atom stereocenters. The van der Waals surface area contributed by atoms with Gasteiger partial charge in [-0.25, -0.2) is 0 Å². The number of benzene rings is 1. The predicted molar refractivity (Wildman–Crippen MR) is 75.5 cm³/mol. The van der Waals surface area contributed by atoms with Crippen molar-refractivity contribution in [1.29, 1.82) is 0 Å². The Morgan fingerprint density at radius 2 is 1.95 bits per heavy atom. The number of halogens is 1. The highest BCUT2D eigenvalue weighted by Crippen LogP contribution is 2.28. The second-order valence-electron chi connectivity index (χ2n) is 4.93. The van der Waals surface area contributed by atoms with Gasteiger partial charge >= 0.3 is 5.97 Å². The maximum Gasteiger partial charge on any atom is 0.322 e. The van der Waals surface area contributed by atoms with E-state index >= 15 is 0 Å². The van der Waals surface area contributed by atoms with Gasteiger partial charge in [0.15, 0.2) is 0 Å². The van der Waals surface area contributed by atoms with Crippen molar-refractivity contribution < 1.29 is 14.7 Å². The number of aliphatic carboxylic acids is 1. The third-order valence-corrected chi connectivity index (χ3v) is 3.40. The average molecular weight is 297 g/mol. The van der Waals surface area contributed by atoms with Crippen molar-refractivity contribution in [3.05, 3.63) is 34.9 Å². The van der Waals surface area contributed by atoms with Crippen LogP contribution >= 0.6 is 11.6 Å². The number of carboxylic acids is 1. The van der Waals surface area contributed by atoms with Crippen molar-refractivity contribution in [2.24, 2.45) is 0 Å². The van der Waals surface area contributed by atoms with Crippen LogP contribution in [0.2, 0.25) is 5.02 Å². The predicted octanol–water partition coefficient (Wildman–Crippen LogP) is 1.51. The van der Waals surface area contributed by atoms with Crippen LogP contribution in [0, 0.1) is 0 Å². The molecule has 1 aromatic carbocycles. The number of hydrogen-bond acceptors (Lipinski definition) is 3. The number of amides is 1. The minimum atomic E-state index is -1.03. The van der Waals surface area contributed by atoms with Gasteiger partial charge in [-0.15, -0.1) is 0 Å². The van der Waals surface area contributed by atoms with Gasteiger partial charge in [0, 0.05) is 17.6 Å². The molecule has 0 spiro atoms. The largest absolute Gasteiger partial charge is 0.480 e. The lowest BCUT2D eigenvalue weighted by Crippen LogP contribution is -2.39. The second-order valence-corrected chi connectivity index (χ2v) is 5.37. The van der Waals surface area contributed by atoms with Gasteiger partial charge in [-0.05, 0) is 30.5 Å². The van der Waals surface area contributed by atoms with Gasteiger partial charge in [-0.3, -0.25) is 14.5 Å². The Morgan fingerprint density at radius 3 is 2.50 bits per heavy atom. The molecule has 1 aromatic rings. The normalized spacial score (nSPS) is 14.3. The van der Waals surface area contributed by atoms with Crippen molar-refractivity contribution in [3.63, 3.8) is 0 Å². The van der Waals surface area contributed by atoms with Gasteiger partial charge in [-0.1, -0.05) is 23.7 Å². The lowest BCUT2D eigenvalue weighted by Gasteiger charge is -2.21. The van der Waals surface area contributed by atoms with E-state index in [1.54, 1.807) is 0 Å². The number of carbonyl (C=O) groups is 2. The van der Waals surface area contributed by atoms with Gasteiger partial charge in [0.25, 0.3) is 0 Å². The fourth-order valence-corrected chi connectivity index (χ4v) is 2.12. The van der Waals surface area contributed by atoms with Crippen molar-refractivity contribution >= 4 is 23.5 Å². The summed E-state index contributed by atoms with van der Waals surface area (Å²) >= 11 is 5.84. The molecule has 0 bridgehead atoms. The van der Waals surface area contributed by atoms with E-state index in [-0.39, 0.29) is 19.0 Å². The first-order valence-electron chi connectivity index (χ1n) is 6.51. The highest BCUT2D eigenvalue weighted by Gasteiger charge is 2.30. The summed E-state index contributed by atoms with van der Waals surface area (Å²) in [6, 6.07) is 7.94. The third-order valence-electron chi connectivity index (χ3n) is 3.15. The standard InChI is InChI=1S/C14H17ClN2O3/c15-11-3-1-10(2-4-11)8-17(12-5-6-12)9-13(18)16-7-14(19)20/h1-4,12H,5-9H2,(H,16,18)(H,19,20). The lowest BCUT2D eigenvalue weighted by molar-refractivity contribution is -0.138. The molecule has 0 aromatic heterocycles. The number of nitrogens with one attached hydrogen (secondary N) is 1. The number of carboxylic acid groups (broad SMARTS) is 1. The molecule has 20 heavy (non-hydrogen) atoms. The molecule has 0 saturated heterocycles. The van der Waals surface area contributed by atoms with Crippen LogP contribution in [0.1, 0.15) is 18.4 Å². The number of nitrogens with zero attached hydrogens (tertiary/aromatic N) is 1. The van der Waals surface area contributed by atoms with Crippen LogP contribution in [0.3, 0.4) is 0 Å². The monoisotopic (exact) mass is 296 g/mol. The van der Waals surface area contributed by atoms with E-state index in [0.29, 0.717) is 17.6 Å². The van der Waals surface area contributed by atoms with Gasteiger partial charge in [-0.2, -0.15) is 0 Å². The molecular formula is C14H17ClN2O3. The van der Waals surface area contributed by atoms with E-state index in [1.807, 2.05) is 24.3 Å². The summed E-state index contributed by atoms with van der Waals surface area (Å²) in [5, 5.41) is 11.6. The van der Waals surface area contributed by atoms with Crippen LogP contribution in [-0.4, -0.2) is 41.0 Å². The summed E-state index contributed by atoms with van der Waals surface area (Å²) in [7, 11) is 0. The first-order valence-corrected chi connectivity index (χ1v) is 6.89. The van der Waals surface area contributed by atoms with Crippen LogP contribution in [0.5, 0.6) is 0 Å². The molecule has 1 aliphatic rings. The molecule has 2 N–H and O–H groups in total. The summed E-state index contributed by atoms with van der Waals surface area (Å²) in [6.45, 7) is 0.557. The first-order chi connectivity index (χ1) is 9.54. The van der Waals surface area contributed by atoms with Gasteiger partial charge in [0.1, 0.15) is 6.54 Å². The molecule has 0 heterocycles. The van der Waals surface area contributed by atoms with Crippen molar-refractivity contribution in [3.8, 4) is 0 Å². The van der Waals surface area contributed by atoms with E-state index in [2.05, 4.69) is 10.2 Å². The Balaban J connectivity index is 1.89. The lowest BCUT2D eigenvalue weighted by atomic mass is 10.2. The number of carbonyl (C=O) groups excluding carboxylic acids is 1. The maximum atomic E-state index is 11.7. The Bertz CT molecular complexity index is 486. The summed E-state index contributed by atoms with van der Waals surface area (Å²) in [5.41, 5.74) is 1.09. The fourth-order valence-electron chi connectivity index (χ4n) is 1.99. The molecule has 1 fully saturated rings. The topological polar surface area (TPSA) is 69.6 Å². The zero-order valence-corrected chi connectivity index (χ0v) is 11.8. The van der Waals surface area contributed by atoms with E-state index in [9.17, 15) is 9.59 Å². The van der Waals surface area contributed by atoms with Gasteiger partial charge in [0.05, 0.1) is 6.54 Å². The molecule has 1 saturated carbocycles. The molecule has 1 amide bonds. The first kappa shape index (κ1) is 14.8. The molecule has 0 radical (unpaired) electrons. The van der Waals surface area contributed by atoms with Crippen molar-refractivity contribution in [2.75, 3.05) is 13.1 Å². The number of rotatable bonds is 7. The minimum Gasteiger partial charge on any atom is -0.480 e. The van der Waals surface area contributed by atoms with E-state index in [0.717, 1.165) is 18.4 Å². The van der Waals surface area contributed by atoms with Gasteiger partial charge < -0.3 is 10.4 Å².